The Morgan fingerprint density at radius 1 is 0.467 bits per heavy atom. The first-order chi connectivity index (χ1) is 29.2. The van der Waals surface area contributed by atoms with Crippen molar-refractivity contribution in [3.63, 3.8) is 0 Å². The fourth-order valence-corrected chi connectivity index (χ4v) is 8.14. The minimum absolute atomic E-state index is 0.257. The maximum Gasteiger partial charge on any atom is 0.267 e. The molecule has 350 valence electrons. The Bertz CT molecular complexity index is 1190. The number of rotatable bonds is 45. The van der Waals surface area contributed by atoms with Crippen LogP contribution >= 0.6 is 0 Å². The average molecular weight is 862 g/mol. The molecule has 3 atom stereocenters. The fraction of sp³-hybridized carbons (Fsp3) is 0.788. The Hall–Kier alpha value is -2.00. The van der Waals surface area contributed by atoms with Crippen LogP contribution in [0.5, 0.6) is 0 Å². The van der Waals surface area contributed by atoms with Crippen LogP contribution in [-0.2, 0) is 14.9 Å². The third-order valence-electron chi connectivity index (χ3n) is 11.3. The van der Waals surface area contributed by atoms with Crippen molar-refractivity contribution in [3.8, 4) is 0 Å². The summed E-state index contributed by atoms with van der Waals surface area (Å²) >= 11 is 0. The molecule has 0 saturated carbocycles. The van der Waals surface area contributed by atoms with E-state index in [0.29, 0.717) is 12.8 Å². The zero-order valence-corrected chi connectivity index (χ0v) is 39.8. The van der Waals surface area contributed by atoms with Crippen molar-refractivity contribution >= 4 is 16.0 Å². The molecule has 0 heterocycles. The van der Waals surface area contributed by atoms with Crippen molar-refractivity contribution < 1.29 is 28.0 Å². The summed E-state index contributed by atoms with van der Waals surface area (Å²) in [6, 6.07) is -1.26. The number of carbonyl (C=O) groups excluding carboxylic acids is 1. The van der Waals surface area contributed by atoms with Gasteiger partial charge >= 0.3 is 0 Å². The first-order valence-corrected chi connectivity index (χ1v) is 26.7. The SMILES string of the molecule is CCCCCCCCCCC/C=C\C/C=C\CCCCCCCCC(O)C(=O)NC(CS(=O)(=O)O)C(O)/C=C/CC/C=C/CC/C=C/CCCCCCCCCCCCC. The quantitative estimate of drug-likeness (QED) is 0.0275. The van der Waals surface area contributed by atoms with Crippen molar-refractivity contribution in [2.75, 3.05) is 5.75 Å². The Morgan fingerprint density at radius 2 is 0.800 bits per heavy atom. The molecule has 7 nitrogen and oxygen atoms in total. The molecule has 0 fully saturated rings. The summed E-state index contributed by atoms with van der Waals surface area (Å²) in [5.41, 5.74) is 0. The fourth-order valence-electron chi connectivity index (χ4n) is 7.40. The minimum atomic E-state index is -4.47. The van der Waals surface area contributed by atoms with Gasteiger partial charge in [-0.1, -0.05) is 222 Å². The van der Waals surface area contributed by atoms with Crippen LogP contribution in [0.25, 0.3) is 0 Å². The second-order valence-electron chi connectivity index (χ2n) is 17.2. The number of hydrogen-bond acceptors (Lipinski definition) is 5. The largest absolute Gasteiger partial charge is 0.387 e. The summed E-state index contributed by atoms with van der Waals surface area (Å²) in [5, 5.41) is 23.5. The molecule has 0 aliphatic carbocycles. The predicted octanol–water partition coefficient (Wildman–Crippen LogP) is 14.6. The van der Waals surface area contributed by atoms with Crippen molar-refractivity contribution in [1.82, 2.24) is 5.32 Å². The van der Waals surface area contributed by atoms with E-state index >= 15 is 0 Å². The molecule has 0 aromatic rings. The highest BCUT2D eigenvalue weighted by Crippen LogP contribution is 2.14. The Balaban J connectivity index is 4.02. The molecule has 1 amide bonds. The molecular weight excluding hydrogens is 767 g/mol. The second kappa shape index (κ2) is 45.0. The van der Waals surface area contributed by atoms with Crippen LogP contribution in [0.3, 0.4) is 0 Å². The standard InChI is InChI=1S/C52H95NO6S/c1-3-5-7-9-11-13-15-17-19-21-23-25-27-29-31-33-35-37-39-41-43-45-47-51(55)52(56)53-49(48-60(57,58)59)50(54)46-44-42-40-38-36-34-32-30-28-26-24-22-20-18-16-14-12-10-8-6-4-2/h23,25,28-31,36,38,44,46,49-51,54-55H,3-22,24,26-27,32-35,37,39-43,45,47-48H2,1-2H3,(H,53,56)(H,57,58,59)/b25-23-,30-28+,31-29-,38-36+,46-44+. The van der Waals surface area contributed by atoms with Gasteiger partial charge < -0.3 is 15.5 Å². The lowest BCUT2D eigenvalue weighted by atomic mass is 10.0. The van der Waals surface area contributed by atoms with Crippen molar-refractivity contribution in [1.29, 1.82) is 0 Å². The van der Waals surface area contributed by atoms with E-state index in [9.17, 15) is 28.0 Å². The van der Waals surface area contributed by atoms with Crippen LogP contribution in [0.15, 0.2) is 60.8 Å². The number of nitrogens with one attached hydrogen (secondary N) is 1. The van der Waals surface area contributed by atoms with Gasteiger partial charge in [0.05, 0.1) is 17.9 Å². The first kappa shape index (κ1) is 58.0. The monoisotopic (exact) mass is 862 g/mol. The number of hydrogen-bond donors (Lipinski definition) is 4. The molecule has 3 unspecified atom stereocenters. The number of unbranched alkanes of at least 4 members (excludes halogenated alkanes) is 28. The van der Waals surface area contributed by atoms with Gasteiger partial charge in [-0.25, -0.2) is 0 Å². The van der Waals surface area contributed by atoms with Gasteiger partial charge in [-0.15, -0.1) is 0 Å². The maximum absolute atomic E-state index is 12.7. The molecule has 0 spiro atoms. The highest BCUT2D eigenvalue weighted by Gasteiger charge is 2.27. The second-order valence-corrected chi connectivity index (χ2v) is 18.7. The van der Waals surface area contributed by atoms with E-state index in [2.05, 4.69) is 67.8 Å². The number of carbonyl (C=O) groups is 1. The first-order valence-electron chi connectivity index (χ1n) is 25.1. The van der Waals surface area contributed by atoms with Crippen LogP contribution in [0.2, 0.25) is 0 Å². The van der Waals surface area contributed by atoms with Gasteiger partial charge in [-0.05, 0) is 77.0 Å². The minimum Gasteiger partial charge on any atom is -0.387 e. The topological polar surface area (TPSA) is 124 Å². The van der Waals surface area contributed by atoms with E-state index in [-0.39, 0.29) is 6.42 Å². The van der Waals surface area contributed by atoms with E-state index in [0.717, 1.165) is 70.6 Å². The maximum atomic E-state index is 12.7. The van der Waals surface area contributed by atoms with Crippen molar-refractivity contribution in [3.05, 3.63) is 60.8 Å². The van der Waals surface area contributed by atoms with Crippen LogP contribution in [0, 0.1) is 0 Å². The molecule has 60 heavy (non-hydrogen) atoms. The molecule has 0 aliphatic rings. The normalized spacial score (nSPS) is 14.2. The number of amides is 1. The Kier molecular flexibility index (Phi) is 43.5. The van der Waals surface area contributed by atoms with Crippen molar-refractivity contribution in [2.45, 2.75) is 257 Å². The van der Waals surface area contributed by atoms with Gasteiger partial charge in [0.15, 0.2) is 0 Å². The molecule has 0 rings (SSSR count). The van der Waals surface area contributed by atoms with Crippen molar-refractivity contribution in [2.24, 2.45) is 0 Å². The number of allylic oxidation sites excluding steroid dienone is 9. The van der Waals surface area contributed by atoms with Crippen LogP contribution in [0.1, 0.15) is 239 Å². The summed E-state index contributed by atoms with van der Waals surface area (Å²) in [7, 11) is -4.47. The summed E-state index contributed by atoms with van der Waals surface area (Å²) in [4.78, 5) is 12.7. The lowest BCUT2D eigenvalue weighted by molar-refractivity contribution is -0.130. The molecule has 0 radical (unpaired) electrons. The smallest absolute Gasteiger partial charge is 0.267 e. The van der Waals surface area contributed by atoms with Crippen LogP contribution in [-0.4, -0.2) is 53.1 Å². The predicted molar refractivity (Wildman–Crippen MR) is 259 cm³/mol. The van der Waals surface area contributed by atoms with Gasteiger partial charge in [-0.2, -0.15) is 8.42 Å². The van der Waals surface area contributed by atoms with Gasteiger partial charge in [-0.3, -0.25) is 9.35 Å². The zero-order chi connectivity index (χ0) is 44.0. The highest BCUT2D eigenvalue weighted by atomic mass is 32.2. The molecule has 0 bridgehead atoms. The van der Waals surface area contributed by atoms with E-state index in [1.165, 1.54) is 141 Å². The van der Waals surface area contributed by atoms with Gasteiger partial charge in [0, 0.05) is 0 Å². The molecule has 4 N–H and O–H groups in total. The van der Waals surface area contributed by atoms with E-state index < -0.39 is 40.0 Å². The molecular formula is C52H95NO6S. The van der Waals surface area contributed by atoms with Gasteiger partial charge in [0.25, 0.3) is 10.1 Å². The molecule has 0 aliphatic heterocycles. The van der Waals surface area contributed by atoms with Gasteiger partial charge in [0.2, 0.25) is 5.91 Å². The van der Waals surface area contributed by atoms with Gasteiger partial charge in [0.1, 0.15) is 6.10 Å². The zero-order valence-electron chi connectivity index (χ0n) is 38.9. The molecule has 0 aromatic carbocycles. The Morgan fingerprint density at radius 3 is 1.20 bits per heavy atom. The number of aliphatic hydroxyl groups is 2. The lowest BCUT2D eigenvalue weighted by Gasteiger charge is -2.22. The molecule has 0 aromatic heterocycles. The summed E-state index contributed by atoms with van der Waals surface area (Å²) < 4.78 is 32.7. The molecule has 8 heteroatoms. The third kappa shape index (κ3) is 44.1. The average Bonchev–Trinajstić information content (AvgIpc) is 3.22. The molecule has 0 saturated heterocycles. The summed E-state index contributed by atoms with van der Waals surface area (Å²) in [6.45, 7) is 4.54. The third-order valence-corrected chi connectivity index (χ3v) is 12.0. The highest BCUT2D eigenvalue weighted by molar-refractivity contribution is 7.85. The summed E-state index contributed by atoms with van der Waals surface area (Å²) in [5.74, 6) is -1.58. The lowest BCUT2D eigenvalue weighted by Crippen LogP contribution is -2.50. The number of aliphatic hydroxyl groups excluding tert-OH is 2. The van der Waals surface area contributed by atoms with Crippen LogP contribution < -0.4 is 5.32 Å². The van der Waals surface area contributed by atoms with E-state index in [4.69, 9.17) is 0 Å². The van der Waals surface area contributed by atoms with Crippen LogP contribution in [0.4, 0.5) is 0 Å². The summed E-state index contributed by atoms with van der Waals surface area (Å²) in [6.07, 6.45) is 60.0. The van der Waals surface area contributed by atoms with E-state index in [1.54, 1.807) is 6.08 Å². The Labute approximate surface area is 371 Å². The van der Waals surface area contributed by atoms with E-state index in [1.807, 2.05) is 0 Å².